The number of aromatic nitrogens is 2. The number of nitrogens with zero attached hydrogens (tertiary/aromatic N) is 3. The minimum atomic E-state index is -0.787. The third-order valence-electron chi connectivity index (χ3n) is 5.36. The van der Waals surface area contributed by atoms with Crippen molar-refractivity contribution in [2.45, 2.75) is 0 Å². The minimum Gasteiger partial charge on any atom is -0.493 e. The van der Waals surface area contributed by atoms with Crippen LogP contribution in [0.25, 0.3) is 16.9 Å². The van der Waals surface area contributed by atoms with Crippen LogP contribution in [-0.4, -0.2) is 44.0 Å². The van der Waals surface area contributed by atoms with Crippen molar-refractivity contribution in [1.29, 1.82) is 0 Å². The quantitative estimate of drug-likeness (QED) is 0.398. The van der Waals surface area contributed by atoms with Crippen LogP contribution in [0.3, 0.4) is 0 Å². The Morgan fingerprint density at radius 1 is 0.943 bits per heavy atom. The summed E-state index contributed by atoms with van der Waals surface area (Å²) in [6, 6.07) is 16.6. The summed E-state index contributed by atoms with van der Waals surface area (Å²) in [5, 5.41) is 7.21. The standard InChI is InChI=1S/C26H24F2N4O3/c1-31(2)25-20(27)13-17(14-21(25)28)29-26(33)19-15-32(18-8-6-5-7-9-18)30-24(19)16-10-11-22(34-3)23(12-16)35-4/h5-15H,1-4H3,(H,29,33). The van der Waals surface area contributed by atoms with E-state index in [1.54, 1.807) is 29.1 Å². The smallest absolute Gasteiger partial charge is 0.259 e. The number of anilines is 2. The highest BCUT2D eigenvalue weighted by molar-refractivity contribution is 6.08. The van der Waals surface area contributed by atoms with E-state index in [0.29, 0.717) is 22.8 Å². The fourth-order valence-corrected chi connectivity index (χ4v) is 3.71. The lowest BCUT2D eigenvalue weighted by molar-refractivity contribution is 0.102. The second-order valence-corrected chi connectivity index (χ2v) is 7.88. The second-order valence-electron chi connectivity index (χ2n) is 7.88. The van der Waals surface area contributed by atoms with Gasteiger partial charge >= 0.3 is 0 Å². The van der Waals surface area contributed by atoms with E-state index >= 15 is 0 Å². The first-order chi connectivity index (χ1) is 16.8. The molecule has 4 rings (SSSR count). The summed E-state index contributed by atoms with van der Waals surface area (Å²) in [7, 11) is 6.11. The van der Waals surface area contributed by atoms with E-state index in [1.807, 2.05) is 30.3 Å². The third-order valence-corrected chi connectivity index (χ3v) is 5.36. The molecule has 1 N–H and O–H groups in total. The molecule has 3 aromatic carbocycles. The van der Waals surface area contributed by atoms with E-state index in [1.165, 1.54) is 33.2 Å². The van der Waals surface area contributed by atoms with E-state index in [4.69, 9.17) is 9.47 Å². The molecule has 0 bridgehead atoms. The molecule has 0 atom stereocenters. The first-order valence-corrected chi connectivity index (χ1v) is 10.7. The van der Waals surface area contributed by atoms with Gasteiger partial charge in [0.05, 0.1) is 25.5 Å². The Balaban J connectivity index is 1.78. The monoisotopic (exact) mass is 478 g/mol. The molecule has 1 amide bonds. The van der Waals surface area contributed by atoms with Gasteiger partial charge in [0.25, 0.3) is 5.91 Å². The molecule has 0 saturated carbocycles. The number of hydrogen-bond donors (Lipinski definition) is 1. The lowest BCUT2D eigenvalue weighted by Gasteiger charge is -2.16. The Bertz CT molecular complexity index is 1350. The fourth-order valence-electron chi connectivity index (χ4n) is 3.71. The van der Waals surface area contributed by atoms with E-state index in [2.05, 4.69) is 10.4 Å². The molecule has 0 aliphatic rings. The molecule has 4 aromatic rings. The van der Waals surface area contributed by atoms with Gasteiger partial charge in [-0.05, 0) is 42.5 Å². The summed E-state index contributed by atoms with van der Waals surface area (Å²) in [4.78, 5) is 14.6. The Kier molecular flexibility index (Phi) is 6.68. The van der Waals surface area contributed by atoms with Crippen LogP contribution >= 0.6 is 0 Å². The molecular formula is C26H24F2N4O3. The Morgan fingerprint density at radius 2 is 1.60 bits per heavy atom. The van der Waals surface area contributed by atoms with Crippen molar-refractivity contribution < 1.29 is 23.0 Å². The number of benzene rings is 3. The largest absolute Gasteiger partial charge is 0.493 e. The van der Waals surface area contributed by atoms with E-state index in [0.717, 1.165) is 17.8 Å². The second kappa shape index (κ2) is 9.84. The fraction of sp³-hybridized carbons (Fsp3) is 0.154. The number of para-hydroxylation sites is 1. The van der Waals surface area contributed by atoms with Crippen molar-refractivity contribution in [3.63, 3.8) is 0 Å². The normalized spacial score (nSPS) is 10.7. The molecule has 0 saturated heterocycles. The van der Waals surface area contributed by atoms with Gasteiger partial charge in [-0.1, -0.05) is 18.2 Å². The number of halogens is 2. The first kappa shape index (κ1) is 23.7. The van der Waals surface area contributed by atoms with Crippen LogP contribution in [0.1, 0.15) is 10.4 Å². The maximum atomic E-state index is 14.5. The van der Waals surface area contributed by atoms with Crippen LogP contribution < -0.4 is 19.7 Å². The molecule has 0 fully saturated rings. The maximum Gasteiger partial charge on any atom is 0.259 e. The summed E-state index contributed by atoms with van der Waals surface area (Å²) in [5.74, 6) is -1.16. The first-order valence-electron chi connectivity index (χ1n) is 10.7. The molecule has 0 aliphatic heterocycles. The van der Waals surface area contributed by atoms with Crippen molar-refractivity contribution >= 4 is 17.3 Å². The summed E-state index contributed by atoms with van der Waals surface area (Å²) < 4.78 is 41.2. The lowest BCUT2D eigenvalue weighted by Crippen LogP contribution is -2.16. The van der Waals surface area contributed by atoms with Gasteiger partial charge in [-0.25, -0.2) is 13.5 Å². The number of hydrogen-bond acceptors (Lipinski definition) is 5. The van der Waals surface area contributed by atoms with Crippen LogP contribution in [-0.2, 0) is 0 Å². The van der Waals surface area contributed by atoms with E-state index in [9.17, 15) is 13.6 Å². The summed E-state index contributed by atoms with van der Waals surface area (Å²) in [5.41, 5.74) is 1.70. The van der Waals surface area contributed by atoms with Crippen molar-refractivity contribution in [2.24, 2.45) is 0 Å². The minimum absolute atomic E-state index is 0.0127. The van der Waals surface area contributed by atoms with Gasteiger partial charge in [-0.3, -0.25) is 4.79 Å². The molecule has 9 heteroatoms. The summed E-state index contributed by atoms with van der Waals surface area (Å²) in [6.07, 6.45) is 1.57. The van der Waals surface area contributed by atoms with Gasteiger partial charge in [0, 0.05) is 31.5 Å². The maximum absolute atomic E-state index is 14.5. The topological polar surface area (TPSA) is 68.6 Å². The van der Waals surface area contributed by atoms with Gasteiger partial charge in [0.15, 0.2) is 23.1 Å². The highest BCUT2D eigenvalue weighted by atomic mass is 19.1. The van der Waals surface area contributed by atoms with Crippen molar-refractivity contribution in [1.82, 2.24) is 9.78 Å². The predicted molar refractivity (Wildman–Crippen MR) is 131 cm³/mol. The number of carbonyl (C=O) groups is 1. The molecule has 1 aromatic heterocycles. The van der Waals surface area contributed by atoms with Crippen LogP contribution in [0.4, 0.5) is 20.2 Å². The summed E-state index contributed by atoms with van der Waals surface area (Å²) >= 11 is 0. The van der Waals surface area contributed by atoms with Crippen LogP contribution in [0, 0.1) is 11.6 Å². The predicted octanol–water partition coefficient (Wildman–Crippen LogP) is 5.15. The Hall–Kier alpha value is -4.40. The van der Waals surface area contributed by atoms with E-state index in [-0.39, 0.29) is 16.9 Å². The molecule has 0 unspecified atom stereocenters. The average Bonchev–Trinajstić information content (AvgIpc) is 3.29. The summed E-state index contributed by atoms with van der Waals surface area (Å²) in [6.45, 7) is 0. The van der Waals surface area contributed by atoms with E-state index < -0.39 is 17.5 Å². The molecule has 0 aliphatic carbocycles. The van der Waals surface area contributed by atoms with Crippen molar-refractivity contribution in [2.75, 3.05) is 38.5 Å². The number of rotatable bonds is 7. The molecular weight excluding hydrogens is 454 g/mol. The van der Waals surface area contributed by atoms with Crippen LogP contribution in [0.2, 0.25) is 0 Å². The highest BCUT2D eigenvalue weighted by Crippen LogP contribution is 2.34. The zero-order valence-electron chi connectivity index (χ0n) is 19.7. The van der Waals surface area contributed by atoms with Crippen LogP contribution in [0.5, 0.6) is 11.5 Å². The zero-order valence-corrected chi connectivity index (χ0v) is 19.7. The van der Waals surface area contributed by atoms with Crippen LogP contribution in [0.15, 0.2) is 66.9 Å². The number of methoxy groups -OCH3 is 2. The van der Waals surface area contributed by atoms with Crippen molar-refractivity contribution in [3.05, 3.63) is 84.1 Å². The van der Waals surface area contributed by atoms with Gasteiger partial charge in [0.2, 0.25) is 0 Å². The molecule has 180 valence electrons. The Labute approximate surface area is 201 Å². The zero-order chi connectivity index (χ0) is 25.1. The molecule has 0 spiro atoms. The third kappa shape index (κ3) is 4.79. The highest BCUT2D eigenvalue weighted by Gasteiger charge is 2.21. The molecule has 7 nitrogen and oxygen atoms in total. The Morgan fingerprint density at radius 3 is 2.20 bits per heavy atom. The molecule has 0 radical (unpaired) electrons. The number of nitrogens with one attached hydrogen (secondary N) is 1. The molecule has 1 heterocycles. The van der Waals surface area contributed by atoms with Gasteiger partial charge in [0.1, 0.15) is 11.4 Å². The van der Waals surface area contributed by atoms with Crippen molar-refractivity contribution in [3.8, 4) is 28.4 Å². The number of amides is 1. The van der Waals surface area contributed by atoms with Gasteiger partial charge in [-0.15, -0.1) is 0 Å². The average molecular weight is 478 g/mol. The van der Waals surface area contributed by atoms with Gasteiger partial charge in [-0.2, -0.15) is 5.10 Å². The number of carbonyl (C=O) groups excluding carboxylic acids is 1. The lowest BCUT2D eigenvalue weighted by atomic mass is 10.1. The number of ether oxygens (including phenoxy) is 2. The van der Waals surface area contributed by atoms with Gasteiger partial charge < -0.3 is 19.7 Å². The molecule has 35 heavy (non-hydrogen) atoms. The SMILES string of the molecule is COc1ccc(-c2nn(-c3ccccc3)cc2C(=O)Nc2cc(F)c(N(C)C)c(F)c2)cc1OC.